The van der Waals surface area contributed by atoms with Crippen molar-refractivity contribution in [3.8, 4) is 5.75 Å². The molecule has 1 fully saturated rings. The predicted octanol–water partition coefficient (Wildman–Crippen LogP) is 2.53. The summed E-state index contributed by atoms with van der Waals surface area (Å²) in [5.41, 5.74) is 1.21. The van der Waals surface area contributed by atoms with Crippen molar-refractivity contribution in [1.29, 1.82) is 0 Å². The second-order valence-electron chi connectivity index (χ2n) is 5.82. The van der Waals surface area contributed by atoms with E-state index >= 15 is 0 Å². The van der Waals surface area contributed by atoms with Crippen LogP contribution in [0.2, 0.25) is 0 Å². The number of ether oxygens (including phenoxy) is 2. The van der Waals surface area contributed by atoms with Gasteiger partial charge in [0.15, 0.2) is 0 Å². The summed E-state index contributed by atoms with van der Waals surface area (Å²) in [6.45, 7) is 1.80. The van der Waals surface area contributed by atoms with Crippen molar-refractivity contribution in [2.24, 2.45) is 5.92 Å². The maximum atomic E-state index is 12.7. The van der Waals surface area contributed by atoms with E-state index in [1.165, 1.54) is 4.90 Å². The summed E-state index contributed by atoms with van der Waals surface area (Å²) in [7, 11) is 1.54. The summed E-state index contributed by atoms with van der Waals surface area (Å²) < 4.78 is 10.2. The van der Waals surface area contributed by atoms with Gasteiger partial charge in [-0.05, 0) is 36.8 Å². The number of anilines is 1. The van der Waals surface area contributed by atoms with Crippen molar-refractivity contribution in [2.45, 2.75) is 13.0 Å². The number of nitrogens with zero attached hydrogens (tertiary/aromatic N) is 1. The topological polar surface area (TPSA) is 72.9 Å². The molecule has 1 amide bonds. The number of benzene rings is 2. The first kappa shape index (κ1) is 17.7. The van der Waals surface area contributed by atoms with Crippen molar-refractivity contribution < 1.29 is 23.9 Å². The minimum absolute atomic E-state index is 0.140. The molecular weight excluding hydrogens is 334 g/mol. The number of ketones is 1. The predicted molar refractivity (Wildman–Crippen MR) is 94.8 cm³/mol. The summed E-state index contributed by atoms with van der Waals surface area (Å²) in [5.74, 6) is -2.72. The number of esters is 1. The Kier molecular flexibility index (Phi) is 5.02. The molecule has 3 rings (SSSR count). The van der Waals surface area contributed by atoms with Gasteiger partial charge >= 0.3 is 5.97 Å². The van der Waals surface area contributed by atoms with Crippen LogP contribution in [0.4, 0.5) is 5.69 Å². The van der Waals surface area contributed by atoms with Crippen LogP contribution in [0.3, 0.4) is 0 Å². The molecule has 2 atom stereocenters. The maximum Gasteiger partial charge on any atom is 0.319 e. The van der Waals surface area contributed by atoms with Crippen LogP contribution in [-0.2, 0) is 19.1 Å². The van der Waals surface area contributed by atoms with Crippen LogP contribution in [0, 0.1) is 5.92 Å². The van der Waals surface area contributed by atoms with E-state index in [0.717, 1.165) is 0 Å². The Labute approximate surface area is 151 Å². The number of amides is 1. The van der Waals surface area contributed by atoms with Crippen molar-refractivity contribution in [1.82, 2.24) is 0 Å². The summed E-state index contributed by atoms with van der Waals surface area (Å²) in [6, 6.07) is 15.1. The molecule has 1 saturated heterocycles. The normalized spacial score (nSPS) is 19.5. The number of hydrogen-bond acceptors (Lipinski definition) is 5. The summed E-state index contributed by atoms with van der Waals surface area (Å²) in [4.78, 5) is 39.1. The molecule has 6 heteroatoms. The zero-order valence-electron chi connectivity index (χ0n) is 14.5. The van der Waals surface area contributed by atoms with Crippen LogP contribution < -0.4 is 9.64 Å². The number of hydrogen-bond donors (Lipinski definition) is 0. The highest BCUT2D eigenvalue weighted by Crippen LogP contribution is 2.40. The molecule has 1 heterocycles. The molecule has 0 aromatic heterocycles. The van der Waals surface area contributed by atoms with E-state index in [9.17, 15) is 14.4 Å². The Balaban J connectivity index is 2.09. The molecular formula is C20H19NO5. The molecule has 0 radical (unpaired) electrons. The van der Waals surface area contributed by atoms with Crippen molar-refractivity contribution in [3.63, 3.8) is 0 Å². The molecule has 2 aromatic carbocycles. The van der Waals surface area contributed by atoms with Crippen LogP contribution in [0.15, 0.2) is 54.6 Å². The third-order valence-electron chi connectivity index (χ3n) is 4.34. The van der Waals surface area contributed by atoms with Gasteiger partial charge in [0.25, 0.3) is 5.91 Å². The lowest BCUT2D eigenvalue weighted by Gasteiger charge is -2.27. The first-order valence-electron chi connectivity index (χ1n) is 8.31. The van der Waals surface area contributed by atoms with Gasteiger partial charge < -0.3 is 9.47 Å². The third kappa shape index (κ3) is 3.06. The van der Waals surface area contributed by atoms with Crippen LogP contribution in [0.25, 0.3) is 0 Å². The lowest BCUT2D eigenvalue weighted by molar-refractivity contribution is -0.152. The first-order valence-corrected chi connectivity index (χ1v) is 8.31. The summed E-state index contributed by atoms with van der Waals surface area (Å²) in [6.07, 6.45) is 0. The number of Topliss-reactive ketones (excluding diaryl/α,β-unsaturated/α-hetero) is 1. The smallest absolute Gasteiger partial charge is 0.319 e. The average Bonchev–Trinajstić information content (AvgIpc) is 2.94. The standard InChI is InChI=1S/C20H19NO5/c1-3-26-20(24)16-17(13-7-5-4-6-8-13)21(19(23)18(16)22)14-9-11-15(25-2)12-10-14/h4-12,16-17H,3H2,1-2H3. The van der Waals surface area contributed by atoms with Crippen LogP contribution in [0.1, 0.15) is 18.5 Å². The SMILES string of the molecule is CCOC(=O)C1C(=O)C(=O)N(c2ccc(OC)cc2)C1c1ccccc1. The van der Waals surface area contributed by atoms with Gasteiger partial charge in [0, 0.05) is 5.69 Å². The molecule has 0 aliphatic carbocycles. The number of methoxy groups -OCH3 is 1. The maximum absolute atomic E-state index is 12.7. The van der Waals surface area contributed by atoms with Gasteiger partial charge in [0.05, 0.1) is 19.8 Å². The quantitative estimate of drug-likeness (QED) is 0.469. The minimum Gasteiger partial charge on any atom is -0.497 e. The second-order valence-corrected chi connectivity index (χ2v) is 5.82. The van der Waals surface area contributed by atoms with Gasteiger partial charge in [-0.1, -0.05) is 30.3 Å². The van der Waals surface area contributed by atoms with Gasteiger partial charge in [-0.3, -0.25) is 19.3 Å². The van der Waals surface area contributed by atoms with Crippen molar-refractivity contribution in [2.75, 3.05) is 18.6 Å². The highest BCUT2D eigenvalue weighted by Gasteiger charge is 2.53. The van der Waals surface area contributed by atoms with E-state index in [4.69, 9.17) is 9.47 Å². The van der Waals surface area contributed by atoms with Crippen LogP contribution >= 0.6 is 0 Å². The summed E-state index contributed by atoms with van der Waals surface area (Å²) in [5, 5.41) is 0. The third-order valence-corrected chi connectivity index (χ3v) is 4.34. The van der Waals surface area contributed by atoms with Gasteiger partial charge in [-0.15, -0.1) is 0 Å². The fourth-order valence-electron chi connectivity index (χ4n) is 3.15. The van der Waals surface area contributed by atoms with Crippen LogP contribution in [-0.4, -0.2) is 31.4 Å². The molecule has 0 N–H and O–H groups in total. The number of carbonyl (C=O) groups is 3. The van der Waals surface area contributed by atoms with Crippen molar-refractivity contribution >= 4 is 23.3 Å². The van der Waals surface area contributed by atoms with Crippen molar-refractivity contribution in [3.05, 3.63) is 60.2 Å². The molecule has 2 unspecified atom stereocenters. The van der Waals surface area contributed by atoms with Gasteiger partial charge in [0.1, 0.15) is 11.7 Å². The lowest BCUT2D eigenvalue weighted by atomic mass is 9.93. The van der Waals surface area contributed by atoms with E-state index in [2.05, 4.69) is 0 Å². The average molecular weight is 353 g/mol. The Morgan fingerprint density at radius 2 is 1.69 bits per heavy atom. The fraction of sp³-hybridized carbons (Fsp3) is 0.250. The zero-order valence-corrected chi connectivity index (χ0v) is 14.5. The fourth-order valence-corrected chi connectivity index (χ4v) is 3.15. The molecule has 2 aromatic rings. The second kappa shape index (κ2) is 7.39. The van der Waals surface area contributed by atoms with Gasteiger partial charge in [0.2, 0.25) is 5.78 Å². The monoisotopic (exact) mass is 353 g/mol. The molecule has 134 valence electrons. The Hall–Kier alpha value is -3.15. The van der Waals surface area contributed by atoms with E-state index in [1.807, 2.05) is 6.07 Å². The number of rotatable bonds is 5. The minimum atomic E-state index is -1.19. The molecule has 0 saturated carbocycles. The highest BCUT2D eigenvalue weighted by atomic mass is 16.5. The first-order chi connectivity index (χ1) is 12.6. The van der Waals surface area contributed by atoms with E-state index < -0.39 is 29.6 Å². The lowest BCUT2D eigenvalue weighted by Crippen LogP contribution is -2.31. The molecule has 6 nitrogen and oxygen atoms in total. The van der Waals surface area contributed by atoms with E-state index in [1.54, 1.807) is 62.6 Å². The highest BCUT2D eigenvalue weighted by molar-refractivity contribution is 6.47. The van der Waals surface area contributed by atoms with E-state index in [0.29, 0.717) is 17.0 Å². The molecule has 1 aliphatic rings. The molecule has 0 spiro atoms. The number of carbonyl (C=O) groups excluding carboxylic acids is 3. The largest absolute Gasteiger partial charge is 0.497 e. The van der Waals surface area contributed by atoms with Gasteiger partial charge in [-0.2, -0.15) is 0 Å². The van der Waals surface area contributed by atoms with E-state index in [-0.39, 0.29) is 6.61 Å². The Morgan fingerprint density at radius 3 is 2.27 bits per heavy atom. The van der Waals surface area contributed by atoms with Gasteiger partial charge in [-0.25, -0.2) is 0 Å². The molecule has 0 bridgehead atoms. The summed E-state index contributed by atoms with van der Waals surface area (Å²) >= 11 is 0. The van der Waals surface area contributed by atoms with Crippen LogP contribution in [0.5, 0.6) is 5.75 Å². The Bertz CT molecular complexity index is 816. The zero-order chi connectivity index (χ0) is 18.7. The Morgan fingerprint density at radius 1 is 1.04 bits per heavy atom. The molecule has 1 aliphatic heterocycles. The molecule has 26 heavy (non-hydrogen) atoms.